The molecule has 4 aromatic rings. The lowest BCUT2D eigenvalue weighted by molar-refractivity contribution is 0.439. The second-order valence-corrected chi connectivity index (χ2v) is 9.25. The summed E-state index contributed by atoms with van der Waals surface area (Å²) in [7, 11) is 0. The van der Waals surface area contributed by atoms with Gasteiger partial charge in [0.05, 0.1) is 11.7 Å². The van der Waals surface area contributed by atoms with Crippen LogP contribution in [0.5, 0.6) is 0 Å². The molecule has 2 aromatic carbocycles. The zero-order valence-corrected chi connectivity index (χ0v) is 20.2. The molecular formula is C27H24ClN3OS. The number of hydrogen-bond donors (Lipinski definition) is 1. The van der Waals surface area contributed by atoms with Crippen LogP contribution in [-0.4, -0.2) is 10.1 Å². The lowest BCUT2D eigenvalue weighted by atomic mass is 10.0. The van der Waals surface area contributed by atoms with Gasteiger partial charge in [0.15, 0.2) is 5.11 Å². The molecule has 0 bridgehead atoms. The molecule has 0 amide bonds. The van der Waals surface area contributed by atoms with E-state index in [2.05, 4.69) is 47.2 Å². The highest BCUT2D eigenvalue weighted by molar-refractivity contribution is 7.80. The molecule has 2 atom stereocenters. The maximum absolute atomic E-state index is 6.47. The molecule has 0 radical (unpaired) electrons. The van der Waals surface area contributed by atoms with E-state index < -0.39 is 0 Å². The Morgan fingerprint density at radius 3 is 2.48 bits per heavy atom. The Morgan fingerprint density at radius 2 is 1.76 bits per heavy atom. The van der Waals surface area contributed by atoms with Crippen LogP contribution in [0, 0.1) is 20.8 Å². The SMILES string of the molecule is Cc1cc(C)cc(N2C(=S)NC(c3ccccn3)C2c2ccc(-c3cccc(Cl)c3C)o2)c1. The number of benzene rings is 2. The van der Waals surface area contributed by atoms with Crippen molar-refractivity contribution in [1.29, 1.82) is 0 Å². The van der Waals surface area contributed by atoms with Crippen molar-refractivity contribution in [2.24, 2.45) is 0 Å². The molecule has 5 rings (SSSR count). The summed E-state index contributed by atoms with van der Waals surface area (Å²) in [5.41, 5.74) is 6.28. The van der Waals surface area contributed by atoms with Crippen molar-refractivity contribution < 1.29 is 4.42 Å². The Labute approximate surface area is 204 Å². The van der Waals surface area contributed by atoms with E-state index in [-0.39, 0.29) is 12.1 Å². The summed E-state index contributed by atoms with van der Waals surface area (Å²) in [5.74, 6) is 1.59. The molecule has 2 aromatic heterocycles. The lowest BCUT2D eigenvalue weighted by Crippen LogP contribution is -2.29. The van der Waals surface area contributed by atoms with Gasteiger partial charge in [-0.3, -0.25) is 4.98 Å². The van der Waals surface area contributed by atoms with E-state index in [0.29, 0.717) is 5.11 Å². The van der Waals surface area contributed by atoms with Gasteiger partial charge in [-0.1, -0.05) is 35.9 Å². The number of rotatable bonds is 4. The first-order chi connectivity index (χ1) is 15.9. The molecule has 0 spiro atoms. The van der Waals surface area contributed by atoms with Crippen LogP contribution in [0.15, 0.2) is 77.3 Å². The molecule has 3 heterocycles. The fourth-order valence-electron chi connectivity index (χ4n) is 4.54. The third kappa shape index (κ3) is 4.03. The van der Waals surface area contributed by atoms with Crippen LogP contribution in [0.2, 0.25) is 5.02 Å². The minimum absolute atomic E-state index is 0.154. The van der Waals surface area contributed by atoms with Crippen LogP contribution >= 0.6 is 23.8 Å². The molecule has 1 aliphatic rings. The first-order valence-electron chi connectivity index (χ1n) is 10.9. The molecule has 33 heavy (non-hydrogen) atoms. The Bertz CT molecular complexity index is 1310. The molecule has 2 unspecified atom stereocenters. The fourth-order valence-corrected chi connectivity index (χ4v) is 5.06. The maximum Gasteiger partial charge on any atom is 0.174 e. The van der Waals surface area contributed by atoms with E-state index >= 15 is 0 Å². The highest BCUT2D eigenvalue weighted by Crippen LogP contribution is 2.43. The third-order valence-corrected chi connectivity index (χ3v) is 6.76. The Balaban J connectivity index is 1.63. The van der Waals surface area contributed by atoms with Crippen molar-refractivity contribution in [1.82, 2.24) is 10.3 Å². The van der Waals surface area contributed by atoms with Crippen LogP contribution in [0.25, 0.3) is 11.3 Å². The first-order valence-corrected chi connectivity index (χ1v) is 11.6. The number of hydrogen-bond acceptors (Lipinski definition) is 3. The number of furan rings is 1. The molecule has 6 heteroatoms. The number of nitrogens with one attached hydrogen (secondary N) is 1. The minimum Gasteiger partial charge on any atom is -0.459 e. The van der Waals surface area contributed by atoms with Crippen molar-refractivity contribution in [3.05, 3.63) is 106 Å². The number of nitrogens with zero attached hydrogens (tertiary/aromatic N) is 2. The van der Waals surface area contributed by atoms with Gasteiger partial charge < -0.3 is 14.6 Å². The second kappa shape index (κ2) is 8.65. The van der Waals surface area contributed by atoms with E-state index in [0.717, 1.165) is 39.1 Å². The van der Waals surface area contributed by atoms with Gasteiger partial charge in [-0.05, 0) is 92.1 Å². The second-order valence-electron chi connectivity index (χ2n) is 8.46. The Hall–Kier alpha value is -3.15. The molecule has 166 valence electrons. The van der Waals surface area contributed by atoms with E-state index in [1.807, 2.05) is 55.5 Å². The van der Waals surface area contributed by atoms with Crippen molar-refractivity contribution in [2.75, 3.05) is 4.90 Å². The Kier molecular flexibility index (Phi) is 5.69. The van der Waals surface area contributed by atoms with E-state index in [9.17, 15) is 0 Å². The summed E-state index contributed by atoms with van der Waals surface area (Å²) in [6.07, 6.45) is 1.81. The number of aromatic nitrogens is 1. The molecule has 1 fully saturated rings. The molecule has 4 nitrogen and oxygen atoms in total. The van der Waals surface area contributed by atoms with E-state index in [1.165, 1.54) is 11.1 Å². The highest BCUT2D eigenvalue weighted by Gasteiger charge is 2.42. The topological polar surface area (TPSA) is 41.3 Å². The summed E-state index contributed by atoms with van der Waals surface area (Å²) in [4.78, 5) is 6.76. The van der Waals surface area contributed by atoms with Crippen molar-refractivity contribution >= 4 is 34.6 Å². The summed E-state index contributed by atoms with van der Waals surface area (Å²) in [6, 6.07) is 21.9. The molecule has 0 aliphatic carbocycles. The smallest absolute Gasteiger partial charge is 0.174 e. The number of thiocarbonyl (C=S) groups is 1. The molecule has 0 saturated carbocycles. The van der Waals surface area contributed by atoms with Gasteiger partial charge in [-0.25, -0.2) is 0 Å². The fraction of sp³-hybridized carbons (Fsp3) is 0.185. The van der Waals surface area contributed by atoms with Gasteiger partial charge >= 0.3 is 0 Å². The third-order valence-electron chi connectivity index (χ3n) is 6.03. The quantitative estimate of drug-likeness (QED) is 0.320. The standard InChI is InChI=1S/C27H24ClN3OS/c1-16-13-17(2)15-19(14-16)31-26(25(30-27(31)33)22-9-4-5-12-29-22)24-11-10-23(32-24)20-7-6-8-21(28)18(20)3/h4-15,25-26H,1-3H3,(H,30,33). The van der Waals surface area contributed by atoms with Crippen molar-refractivity contribution in [3.63, 3.8) is 0 Å². The zero-order chi connectivity index (χ0) is 23.1. The molecule has 1 aliphatic heterocycles. The first kappa shape index (κ1) is 21.7. The Morgan fingerprint density at radius 1 is 0.970 bits per heavy atom. The molecule has 1 N–H and O–H groups in total. The van der Waals surface area contributed by atoms with E-state index in [4.69, 9.17) is 28.2 Å². The van der Waals surface area contributed by atoms with Crippen LogP contribution in [-0.2, 0) is 0 Å². The van der Waals surface area contributed by atoms with Gasteiger partial charge in [0, 0.05) is 22.5 Å². The summed E-state index contributed by atoms with van der Waals surface area (Å²) >= 11 is 12.2. The minimum atomic E-state index is -0.193. The van der Waals surface area contributed by atoms with Crippen LogP contribution in [0.1, 0.15) is 40.2 Å². The average molecular weight is 474 g/mol. The van der Waals surface area contributed by atoms with Gasteiger partial charge in [-0.2, -0.15) is 0 Å². The highest BCUT2D eigenvalue weighted by atomic mass is 35.5. The summed E-state index contributed by atoms with van der Waals surface area (Å²) < 4.78 is 6.47. The largest absolute Gasteiger partial charge is 0.459 e. The number of halogens is 1. The monoisotopic (exact) mass is 473 g/mol. The predicted octanol–water partition coefficient (Wildman–Crippen LogP) is 7.10. The predicted molar refractivity (Wildman–Crippen MR) is 138 cm³/mol. The number of aryl methyl sites for hydroxylation is 2. The van der Waals surface area contributed by atoms with Crippen LogP contribution < -0.4 is 10.2 Å². The van der Waals surface area contributed by atoms with Crippen molar-refractivity contribution in [3.8, 4) is 11.3 Å². The average Bonchev–Trinajstić information content (AvgIpc) is 3.40. The van der Waals surface area contributed by atoms with Crippen LogP contribution in [0.4, 0.5) is 5.69 Å². The molecular weight excluding hydrogens is 450 g/mol. The van der Waals surface area contributed by atoms with Gasteiger partial charge in [-0.15, -0.1) is 0 Å². The van der Waals surface area contributed by atoms with Crippen LogP contribution in [0.3, 0.4) is 0 Å². The lowest BCUT2D eigenvalue weighted by Gasteiger charge is -2.26. The normalized spacial score (nSPS) is 17.9. The summed E-state index contributed by atoms with van der Waals surface area (Å²) in [6.45, 7) is 6.20. The van der Waals surface area contributed by atoms with Crippen molar-refractivity contribution in [2.45, 2.75) is 32.9 Å². The number of anilines is 1. The molecule has 1 saturated heterocycles. The van der Waals surface area contributed by atoms with Gasteiger partial charge in [0.25, 0.3) is 0 Å². The van der Waals surface area contributed by atoms with Gasteiger partial charge in [0.1, 0.15) is 17.6 Å². The van der Waals surface area contributed by atoms with Gasteiger partial charge in [0.2, 0.25) is 0 Å². The zero-order valence-electron chi connectivity index (χ0n) is 18.7. The van der Waals surface area contributed by atoms with E-state index in [1.54, 1.807) is 6.20 Å². The number of pyridine rings is 1. The maximum atomic E-state index is 6.47. The summed E-state index contributed by atoms with van der Waals surface area (Å²) in [5, 5.41) is 4.86.